The van der Waals surface area contributed by atoms with E-state index < -0.39 is 5.91 Å². The monoisotopic (exact) mass is 474 g/mol. The second kappa shape index (κ2) is 8.57. The largest absolute Gasteiger partial charge is 0.507 e. The minimum Gasteiger partial charge on any atom is -0.507 e. The number of hydrogen-bond acceptors (Lipinski definition) is 9. The second-order valence-corrected chi connectivity index (χ2v) is 9.24. The van der Waals surface area contributed by atoms with E-state index in [0.29, 0.717) is 27.2 Å². The van der Waals surface area contributed by atoms with Crippen molar-refractivity contribution in [2.75, 3.05) is 10.4 Å². The van der Waals surface area contributed by atoms with Crippen LogP contribution >= 0.6 is 22.7 Å². The van der Waals surface area contributed by atoms with E-state index in [1.165, 1.54) is 27.7 Å². The van der Waals surface area contributed by atoms with Crippen molar-refractivity contribution in [1.82, 2.24) is 9.97 Å². The molecule has 0 aliphatic carbocycles. The molecule has 2 N–H and O–H groups in total. The number of rotatable bonds is 5. The summed E-state index contributed by atoms with van der Waals surface area (Å²) in [5, 5.41) is 23.1. The van der Waals surface area contributed by atoms with E-state index in [1.807, 2.05) is 50.2 Å². The molecule has 0 fully saturated rings. The molecule has 0 atom stereocenters. The summed E-state index contributed by atoms with van der Waals surface area (Å²) < 4.78 is 0. The number of phenols is 1. The molecule has 3 heterocycles. The third-order valence-corrected chi connectivity index (χ3v) is 6.81. The number of nitrogens with one attached hydrogen (secondary N) is 1. The fourth-order valence-electron chi connectivity index (χ4n) is 3.22. The minimum absolute atomic E-state index is 0.121. The zero-order chi connectivity index (χ0) is 22.9. The highest BCUT2D eigenvalue weighted by Crippen LogP contribution is 2.34. The second-order valence-electron chi connectivity index (χ2n) is 7.20. The van der Waals surface area contributed by atoms with Crippen LogP contribution in [0.3, 0.4) is 0 Å². The lowest BCUT2D eigenvalue weighted by molar-refractivity contribution is -0.112. The van der Waals surface area contributed by atoms with Crippen molar-refractivity contribution in [3.63, 3.8) is 0 Å². The van der Waals surface area contributed by atoms with Gasteiger partial charge in [0.25, 0.3) is 0 Å². The Morgan fingerprint density at radius 1 is 1.03 bits per heavy atom. The molecular weight excluding hydrogens is 456 g/mol. The van der Waals surface area contributed by atoms with Gasteiger partial charge >= 0.3 is 5.91 Å². The smallest absolute Gasteiger partial charge is 0.303 e. The lowest BCUT2D eigenvalue weighted by Crippen LogP contribution is -2.28. The first-order chi connectivity index (χ1) is 16.0. The van der Waals surface area contributed by atoms with Gasteiger partial charge in [0.1, 0.15) is 11.5 Å². The van der Waals surface area contributed by atoms with Crippen molar-refractivity contribution >= 4 is 50.3 Å². The maximum Gasteiger partial charge on any atom is 0.303 e. The number of nitrogens with zero attached hydrogens (tertiary/aromatic N) is 5. The summed E-state index contributed by atoms with van der Waals surface area (Å²) in [5.74, 6) is -0.277. The molecule has 2 aromatic heterocycles. The van der Waals surface area contributed by atoms with E-state index in [9.17, 15) is 9.90 Å². The molecule has 0 unspecified atom stereocenters. The quantitative estimate of drug-likeness (QED) is 0.404. The van der Waals surface area contributed by atoms with Crippen LogP contribution in [0.1, 0.15) is 16.1 Å². The molecule has 1 aliphatic rings. The molecule has 10 heteroatoms. The lowest BCUT2D eigenvalue weighted by Gasteiger charge is -2.06. The Morgan fingerprint density at radius 2 is 1.79 bits per heavy atom. The van der Waals surface area contributed by atoms with Crippen LogP contribution in [-0.4, -0.2) is 32.4 Å². The van der Waals surface area contributed by atoms with Crippen molar-refractivity contribution in [3.05, 3.63) is 76.1 Å². The maximum absolute atomic E-state index is 13.3. The first-order valence-electron chi connectivity index (χ1n) is 10.0. The first-order valence-corrected chi connectivity index (χ1v) is 11.7. The molecule has 0 bridgehead atoms. The number of thiazole rings is 2. The summed E-state index contributed by atoms with van der Waals surface area (Å²) in [4.78, 5) is 23.4. The van der Waals surface area contributed by atoms with E-state index in [0.717, 1.165) is 16.1 Å². The molecule has 33 heavy (non-hydrogen) atoms. The number of carbonyl (C=O) groups is 1. The molecule has 5 rings (SSSR count). The summed E-state index contributed by atoms with van der Waals surface area (Å²) in [6, 6.07) is 16.3. The van der Waals surface area contributed by atoms with E-state index in [-0.39, 0.29) is 11.5 Å². The van der Waals surface area contributed by atoms with Gasteiger partial charge in [0.2, 0.25) is 10.3 Å². The molecule has 0 saturated heterocycles. The number of aromatic nitrogens is 2. The van der Waals surface area contributed by atoms with Gasteiger partial charge in [0.15, 0.2) is 5.71 Å². The molecular formula is C23H18N6O2S2. The van der Waals surface area contributed by atoms with Gasteiger partial charge in [0.05, 0.1) is 11.4 Å². The Bertz CT molecular complexity index is 1390. The Hall–Kier alpha value is -3.89. The number of hydrazone groups is 2. The minimum atomic E-state index is -0.399. The van der Waals surface area contributed by atoms with Crippen LogP contribution in [0.4, 0.5) is 10.3 Å². The number of aromatic hydroxyl groups is 1. The predicted molar refractivity (Wildman–Crippen MR) is 132 cm³/mol. The molecule has 2 aromatic carbocycles. The number of anilines is 2. The summed E-state index contributed by atoms with van der Waals surface area (Å²) in [6.07, 6.45) is 0. The Balaban J connectivity index is 1.51. The average molecular weight is 475 g/mol. The zero-order valence-electron chi connectivity index (χ0n) is 17.7. The van der Waals surface area contributed by atoms with Crippen molar-refractivity contribution in [1.29, 1.82) is 0 Å². The number of amides is 1. The normalized spacial score (nSPS) is 14.7. The van der Waals surface area contributed by atoms with Crippen molar-refractivity contribution < 1.29 is 9.90 Å². The fraction of sp³-hybridized carbons (Fsp3) is 0.0870. The van der Waals surface area contributed by atoms with Gasteiger partial charge in [-0.1, -0.05) is 42.5 Å². The van der Waals surface area contributed by atoms with E-state index >= 15 is 0 Å². The summed E-state index contributed by atoms with van der Waals surface area (Å²) in [7, 11) is 0. The maximum atomic E-state index is 13.3. The number of para-hydroxylation sites is 1. The Labute approximate surface area is 197 Å². The number of aryl methyl sites for hydroxylation is 2. The summed E-state index contributed by atoms with van der Waals surface area (Å²) >= 11 is 2.73. The molecule has 8 nitrogen and oxygen atoms in total. The topological polar surface area (TPSA) is 103 Å². The molecule has 0 saturated carbocycles. The summed E-state index contributed by atoms with van der Waals surface area (Å²) in [5.41, 5.74) is 6.35. The standard InChI is InChI=1S/C23H18N6O2S2/c1-13-14(2)33-22(24-13)27-26-20-19(15-8-4-3-5-9-15)28-29(21(20)31)23-25-17(12-32-23)16-10-6-7-11-18(16)30/h3-12,30H,1-2H3,(H,24,27)/b26-20-. The molecule has 4 aromatic rings. The number of phenolic OH excluding ortho intramolecular Hbond substituents is 1. The van der Waals surface area contributed by atoms with E-state index in [2.05, 4.69) is 25.6 Å². The van der Waals surface area contributed by atoms with Crippen LogP contribution in [-0.2, 0) is 4.79 Å². The lowest BCUT2D eigenvalue weighted by atomic mass is 10.1. The van der Waals surface area contributed by atoms with Gasteiger partial charge in [0, 0.05) is 21.4 Å². The van der Waals surface area contributed by atoms with Gasteiger partial charge in [-0.05, 0) is 26.0 Å². The molecule has 0 spiro atoms. The number of carbonyl (C=O) groups excluding carboxylic acids is 1. The highest BCUT2D eigenvalue weighted by molar-refractivity contribution is 7.15. The molecule has 164 valence electrons. The van der Waals surface area contributed by atoms with Crippen LogP contribution in [0.2, 0.25) is 0 Å². The molecule has 1 amide bonds. The van der Waals surface area contributed by atoms with Gasteiger partial charge in [-0.15, -0.1) is 22.7 Å². The third kappa shape index (κ3) is 4.01. The SMILES string of the molecule is Cc1nc(N/N=C2\C(=O)N(c3nc(-c4ccccc4O)cs3)N=C2c2ccccc2)sc1C. The van der Waals surface area contributed by atoms with Crippen molar-refractivity contribution in [2.45, 2.75) is 13.8 Å². The van der Waals surface area contributed by atoms with Crippen LogP contribution in [0, 0.1) is 13.8 Å². The van der Waals surface area contributed by atoms with Crippen LogP contribution in [0.5, 0.6) is 5.75 Å². The summed E-state index contributed by atoms with van der Waals surface area (Å²) in [6.45, 7) is 3.91. The van der Waals surface area contributed by atoms with Crippen LogP contribution in [0.15, 0.2) is 70.2 Å². The van der Waals surface area contributed by atoms with Gasteiger partial charge in [-0.3, -0.25) is 10.2 Å². The third-order valence-electron chi connectivity index (χ3n) is 5.01. The predicted octanol–water partition coefficient (Wildman–Crippen LogP) is 4.81. The first kappa shape index (κ1) is 21.0. The molecule has 0 radical (unpaired) electrons. The highest BCUT2D eigenvalue weighted by Gasteiger charge is 2.36. The van der Waals surface area contributed by atoms with Gasteiger partial charge in [-0.25, -0.2) is 9.97 Å². The van der Waals surface area contributed by atoms with Crippen LogP contribution in [0.25, 0.3) is 11.3 Å². The Kier molecular flexibility index (Phi) is 5.45. The van der Waals surface area contributed by atoms with Crippen molar-refractivity contribution in [3.8, 4) is 17.0 Å². The van der Waals surface area contributed by atoms with Crippen molar-refractivity contribution in [2.24, 2.45) is 10.2 Å². The van der Waals surface area contributed by atoms with E-state index in [1.54, 1.807) is 23.6 Å². The van der Waals surface area contributed by atoms with Gasteiger partial charge < -0.3 is 5.11 Å². The van der Waals surface area contributed by atoms with E-state index in [4.69, 9.17) is 0 Å². The van der Waals surface area contributed by atoms with Gasteiger partial charge in [-0.2, -0.15) is 15.2 Å². The zero-order valence-corrected chi connectivity index (χ0v) is 19.3. The average Bonchev–Trinajstić information content (AvgIpc) is 3.51. The fourth-order valence-corrected chi connectivity index (χ4v) is 4.74. The van der Waals surface area contributed by atoms with Crippen LogP contribution < -0.4 is 10.4 Å². The number of benzene rings is 2. The molecule has 1 aliphatic heterocycles. The number of hydrogen-bond donors (Lipinski definition) is 2. The Morgan fingerprint density at radius 3 is 2.52 bits per heavy atom. The highest BCUT2D eigenvalue weighted by atomic mass is 32.1.